The molecule has 0 aliphatic carbocycles. The lowest BCUT2D eigenvalue weighted by atomic mass is 10.2. The molecule has 0 amide bonds. The predicted octanol–water partition coefficient (Wildman–Crippen LogP) is 2.14. The van der Waals surface area contributed by atoms with Gasteiger partial charge in [0.15, 0.2) is 24.4 Å². The van der Waals surface area contributed by atoms with Gasteiger partial charge in [0, 0.05) is 12.5 Å². The predicted molar refractivity (Wildman–Crippen MR) is 70.6 cm³/mol. The first-order chi connectivity index (χ1) is 10.3. The van der Waals surface area contributed by atoms with Crippen molar-refractivity contribution in [1.29, 1.82) is 0 Å². The third kappa shape index (κ3) is 2.81. The summed E-state index contributed by atoms with van der Waals surface area (Å²) in [5.41, 5.74) is 0.386. The lowest BCUT2D eigenvalue weighted by Gasteiger charge is -2.07. The molecule has 0 saturated carbocycles. The molecule has 0 N–H and O–H groups in total. The Labute approximate surface area is 120 Å². The van der Waals surface area contributed by atoms with Gasteiger partial charge in [-0.3, -0.25) is 4.79 Å². The molecule has 1 aliphatic heterocycles. The number of aldehydes is 1. The molecule has 2 heterocycles. The van der Waals surface area contributed by atoms with Crippen LogP contribution in [-0.2, 0) is 13.0 Å². The summed E-state index contributed by atoms with van der Waals surface area (Å²) < 4.78 is 21.1. The zero-order valence-corrected chi connectivity index (χ0v) is 11.5. The molecule has 0 unspecified atom stereocenters. The van der Waals surface area contributed by atoms with Crippen LogP contribution in [0.25, 0.3) is 0 Å². The average molecular weight is 290 g/mol. The number of fused-ring (bicyclic) bond motifs is 1. The van der Waals surface area contributed by atoms with Crippen LogP contribution in [-0.4, -0.2) is 23.2 Å². The van der Waals surface area contributed by atoms with Gasteiger partial charge in [0.25, 0.3) is 0 Å². The average Bonchev–Trinajstić information content (AvgIpc) is 3.12. The minimum Gasteiger partial charge on any atom is -0.485 e. The van der Waals surface area contributed by atoms with Crippen LogP contribution in [0.3, 0.4) is 0 Å². The Morgan fingerprint density at radius 1 is 1.33 bits per heavy atom. The van der Waals surface area contributed by atoms with E-state index in [1.54, 1.807) is 12.1 Å². The smallest absolute Gasteiger partial charge is 0.231 e. The first-order valence-corrected chi connectivity index (χ1v) is 6.63. The highest BCUT2D eigenvalue weighted by molar-refractivity contribution is 5.81. The molecule has 1 aromatic heterocycles. The van der Waals surface area contributed by atoms with E-state index in [4.69, 9.17) is 18.7 Å². The van der Waals surface area contributed by atoms with Gasteiger partial charge in [-0.25, -0.2) is 0 Å². The van der Waals surface area contributed by atoms with Crippen molar-refractivity contribution in [2.24, 2.45) is 0 Å². The fourth-order valence-electron chi connectivity index (χ4n) is 1.96. The number of nitrogens with zero attached hydrogens (tertiary/aromatic N) is 2. The van der Waals surface area contributed by atoms with Crippen LogP contribution in [0.4, 0.5) is 0 Å². The Hall–Kier alpha value is -2.57. The van der Waals surface area contributed by atoms with Crippen LogP contribution in [0, 0.1) is 0 Å². The molecule has 2 aromatic rings. The lowest BCUT2D eigenvalue weighted by molar-refractivity contribution is 0.111. The monoisotopic (exact) mass is 290 g/mol. The number of hydrogen-bond acceptors (Lipinski definition) is 7. The molecule has 1 aromatic carbocycles. The number of carbonyl (C=O) groups is 1. The molecular weight excluding hydrogens is 276 g/mol. The second-order valence-electron chi connectivity index (χ2n) is 4.50. The minimum absolute atomic E-state index is 0.119. The minimum atomic E-state index is 0.119. The van der Waals surface area contributed by atoms with Crippen molar-refractivity contribution < 1.29 is 23.5 Å². The summed E-state index contributed by atoms with van der Waals surface area (Å²) >= 11 is 0. The van der Waals surface area contributed by atoms with Gasteiger partial charge >= 0.3 is 0 Å². The Balaban J connectivity index is 1.73. The van der Waals surface area contributed by atoms with Crippen molar-refractivity contribution in [2.75, 3.05) is 6.79 Å². The topological polar surface area (TPSA) is 83.7 Å². The first kappa shape index (κ1) is 13.4. The second-order valence-corrected chi connectivity index (χ2v) is 4.50. The molecule has 110 valence electrons. The molecule has 0 fully saturated rings. The number of hydrogen-bond donors (Lipinski definition) is 0. The summed E-state index contributed by atoms with van der Waals surface area (Å²) in [5, 5.41) is 3.82. The summed E-state index contributed by atoms with van der Waals surface area (Å²) in [6.45, 7) is 2.29. The van der Waals surface area contributed by atoms with E-state index >= 15 is 0 Å². The van der Waals surface area contributed by atoms with Gasteiger partial charge in [-0.1, -0.05) is 12.1 Å². The van der Waals surface area contributed by atoms with Gasteiger partial charge in [-0.2, -0.15) is 4.98 Å². The Morgan fingerprint density at radius 3 is 2.90 bits per heavy atom. The number of ether oxygens (including phenoxy) is 3. The fraction of sp³-hybridized carbons (Fsp3) is 0.357. The number of rotatable bonds is 6. The zero-order valence-electron chi connectivity index (χ0n) is 11.5. The van der Waals surface area contributed by atoms with Crippen LogP contribution in [0.5, 0.6) is 17.2 Å². The Morgan fingerprint density at radius 2 is 2.14 bits per heavy atom. The van der Waals surface area contributed by atoms with Crippen LogP contribution >= 0.6 is 0 Å². The largest absolute Gasteiger partial charge is 0.485 e. The third-order valence-electron chi connectivity index (χ3n) is 2.96. The quantitative estimate of drug-likeness (QED) is 0.753. The first-order valence-electron chi connectivity index (χ1n) is 6.63. The SMILES string of the molecule is CCCc1nc(COc2cc3c(cc2C=O)OCO3)no1. The third-order valence-corrected chi connectivity index (χ3v) is 2.96. The molecule has 0 spiro atoms. The van der Waals surface area contributed by atoms with Crippen molar-refractivity contribution in [2.45, 2.75) is 26.4 Å². The highest BCUT2D eigenvalue weighted by Gasteiger charge is 2.18. The molecule has 7 heteroatoms. The van der Waals surface area contributed by atoms with Crippen LogP contribution in [0.2, 0.25) is 0 Å². The summed E-state index contributed by atoms with van der Waals surface area (Å²) in [7, 11) is 0. The number of aromatic nitrogens is 2. The highest BCUT2D eigenvalue weighted by Crippen LogP contribution is 2.37. The fourth-order valence-corrected chi connectivity index (χ4v) is 1.96. The van der Waals surface area contributed by atoms with Crippen molar-refractivity contribution in [3.63, 3.8) is 0 Å². The molecule has 0 atom stereocenters. The van der Waals surface area contributed by atoms with Crippen LogP contribution in [0.1, 0.15) is 35.4 Å². The van der Waals surface area contributed by atoms with Crippen molar-refractivity contribution in [1.82, 2.24) is 10.1 Å². The molecule has 0 radical (unpaired) electrons. The maximum Gasteiger partial charge on any atom is 0.231 e. The molecule has 1 aliphatic rings. The van der Waals surface area contributed by atoms with E-state index in [1.807, 2.05) is 6.92 Å². The van der Waals surface area contributed by atoms with Crippen LogP contribution < -0.4 is 14.2 Å². The van der Waals surface area contributed by atoms with E-state index in [-0.39, 0.29) is 13.4 Å². The van der Waals surface area contributed by atoms with E-state index in [0.717, 1.165) is 12.8 Å². The number of carbonyl (C=O) groups excluding carboxylic acids is 1. The van der Waals surface area contributed by atoms with Crippen molar-refractivity contribution in [3.8, 4) is 17.2 Å². The zero-order chi connectivity index (χ0) is 14.7. The van der Waals surface area contributed by atoms with Gasteiger partial charge in [0.05, 0.1) is 5.56 Å². The molecular formula is C14H14N2O5. The maximum atomic E-state index is 11.1. The molecule has 0 bridgehead atoms. The standard InChI is InChI=1S/C14H14N2O5/c1-2-3-14-15-13(16-21-14)7-18-10-5-12-11(19-8-20-12)4-9(10)6-17/h4-6H,2-3,7-8H2,1H3. The van der Waals surface area contributed by atoms with E-state index in [9.17, 15) is 4.79 Å². The van der Waals surface area contributed by atoms with Gasteiger partial charge < -0.3 is 18.7 Å². The van der Waals surface area contributed by atoms with Crippen molar-refractivity contribution >= 4 is 6.29 Å². The van der Waals surface area contributed by atoms with Gasteiger partial charge in [0.2, 0.25) is 18.5 Å². The van der Waals surface area contributed by atoms with E-state index in [1.165, 1.54) is 0 Å². The molecule has 21 heavy (non-hydrogen) atoms. The van der Waals surface area contributed by atoms with E-state index < -0.39 is 0 Å². The van der Waals surface area contributed by atoms with E-state index in [0.29, 0.717) is 40.8 Å². The van der Waals surface area contributed by atoms with Gasteiger partial charge in [-0.05, 0) is 12.5 Å². The Bertz CT molecular complexity index is 653. The molecule has 3 rings (SSSR count). The van der Waals surface area contributed by atoms with Crippen LogP contribution in [0.15, 0.2) is 16.7 Å². The summed E-state index contributed by atoms with van der Waals surface area (Å²) in [4.78, 5) is 15.3. The normalized spacial score (nSPS) is 12.4. The second kappa shape index (κ2) is 5.82. The highest BCUT2D eigenvalue weighted by atomic mass is 16.7. The number of benzene rings is 1. The van der Waals surface area contributed by atoms with E-state index in [2.05, 4.69) is 10.1 Å². The van der Waals surface area contributed by atoms with Crippen molar-refractivity contribution in [3.05, 3.63) is 29.4 Å². The number of aryl methyl sites for hydroxylation is 1. The lowest BCUT2D eigenvalue weighted by Crippen LogP contribution is -2.00. The maximum absolute atomic E-state index is 11.1. The van der Waals surface area contributed by atoms with Gasteiger partial charge in [-0.15, -0.1) is 0 Å². The molecule has 0 saturated heterocycles. The molecule has 7 nitrogen and oxygen atoms in total. The van der Waals surface area contributed by atoms with Gasteiger partial charge in [0.1, 0.15) is 5.75 Å². The summed E-state index contributed by atoms with van der Waals surface area (Å²) in [5.74, 6) is 2.51. The summed E-state index contributed by atoms with van der Waals surface area (Å²) in [6.07, 6.45) is 2.37. The Kier molecular flexibility index (Phi) is 3.72. The summed E-state index contributed by atoms with van der Waals surface area (Å²) in [6, 6.07) is 3.21.